The minimum atomic E-state index is 0.527. The Labute approximate surface area is 121 Å². The van der Waals surface area contributed by atoms with Crippen LogP contribution in [0.25, 0.3) is 0 Å². The van der Waals surface area contributed by atoms with Gasteiger partial charge in [-0.3, -0.25) is 4.90 Å². The van der Waals surface area contributed by atoms with Gasteiger partial charge in [0.05, 0.1) is 13.2 Å². The van der Waals surface area contributed by atoms with Gasteiger partial charge in [-0.25, -0.2) is 0 Å². The summed E-state index contributed by atoms with van der Waals surface area (Å²) in [5, 5.41) is 0. The number of hydrogen-bond acceptors (Lipinski definition) is 4. The fraction of sp³-hybridized carbons (Fsp3) is 0.500. The second kappa shape index (κ2) is 7.92. The molecule has 1 aliphatic heterocycles. The number of benzene rings is 1. The van der Waals surface area contributed by atoms with Crippen LogP contribution < -0.4 is 10.5 Å². The maximum atomic E-state index is 5.89. The molecule has 0 aliphatic carbocycles. The molecule has 2 rings (SSSR count). The van der Waals surface area contributed by atoms with Crippen LogP contribution in [0.2, 0.25) is 0 Å². The second-order valence-electron chi connectivity index (χ2n) is 5.11. The number of likely N-dealkylation sites (tertiary alicyclic amines) is 1. The Hall–Kier alpha value is -1.52. The van der Waals surface area contributed by atoms with E-state index in [1.165, 1.54) is 25.9 Å². The first kappa shape index (κ1) is 14.9. The molecule has 1 aliphatic rings. The highest BCUT2D eigenvalue weighted by Crippen LogP contribution is 2.20. The van der Waals surface area contributed by atoms with Crippen molar-refractivity contribution in [1.29, 1.82) is 0 Å². The lowest BCUT2D eigenvalue weighted by Gasteiger charge is -2.15. The van der Waals surface area contributed by atoms with E-state index in [-0.39, 0.29) is 0 Å². The van der Waals surface area contributed by atoms with Crippen molar-refractivity contribution < 1.29 is 9.47 Å². The maximum absolute atomic E-state index is 5.89. The molecule has 0 aromatic heterocycles. The Bertz CT molecular complexity index is 428. The van der Waals surface area contributed by atoms with Crippen molar-refractivity contribution >= 4 is 5.69 Å². The van der Waals surface area contributed by atoms with E-state index in [1.54, 1.807) is 6.08 Å². The first-order valence-corrected chi connectivity index (χ1v) is 7.21. The lowest BCUT2D eigenvalue weighted by Crippen LogP contribution is -2.25. The van der Waals surface area contributed by atoms with Crippen molar-refractivity contribution in [1.82, 2.24) is 4.90 Å². The summed E-state index contributed by atoms with van der Waals surface area (Å²) in [4.78, 5) is 2.43. The number of nitrogen functional groups attached to an aromatic ring is 1. The van der Waals surface area contributed by atoms with Crippen molar-refractivity contribution in [3.63, 3.8) is 0 Å². The summed E-state index contributed by atoms with van der Waals surface area (Å²) in [5.74, 6) is 0.821. The summed E-state index contributed by atoms with van der Waals surface area (Å²) < 4.78 is 11.2. The number of ether oxygens (including phenoxy) is 2. The molecule has 0 radical (unpaired) electrons. The molecule has 1 aromatic carbocycles. The molecule has 0 saturated carbocycles. The van der Waals surface area contributed by atoms with Crippen LogP contribution in [-0.2, 0) is 11.3 Å². The van der Waals surface area contributed by atoms with Crippen molar-refractivity contribution in [2.24, 2.45) is 0 Å². The van der Waals surface area contributed by atoms with E-state index in [1.807, 2.05) is 18.2 Å². The summed E-state index contributed by atoms with van der Waals surface area (Å²) >= 11 is 0. The smallest absolute Gasteiger partial charge is 0.121 e. The van der Waals surface area contributed by atoms with Crippen LogP contribution in [-0.4, -0.2) is 37.7 Å². The molecule has 1 saturated heterocycles. The third-order valence-electron chi connectivity index (χ3n) is 3.37. The zero-order chi connectivity index (χ0) is 14.2. The molecule has 0 atom stereocenters. The van der Waals surface area contributed by atoms with E-state index >= 15 is 0 Å². The summed E-state index contributed by atoms with van der Waals surface area (Å²) in [6.07, 6.45) is 4.35. The van der Waals surface area contributed by atoms with Crippen LogP contribution in [0.5, 0.6) is 5.75 Å². The summed E-state index contributed by atoms with van der Waals surface area (Å²) in [6, 6.07) is 5.76. The van der Waals surface area contributed by atoms with E-state index in [2.05, 4.69) is 11.5 Å². The maximum Gasteiger partial charge on any atom is 0.121 e. The molecule has 0 spiro atoms. The summed E-state index contributed by atoms with van der Waals surface area (Å²) in [5.41, 5.74) is 7.63. The highest BCUT2D eigenvalue weighted by atomic mass is 16.5. The Kier molecular flexibility index (Phi) is 5.89. The molecule has 0 amide bonds. The summed E-state index contributed by atoms with van der Waals surface area (Å²) in [7, 11) is 0. The largest absolute Gasteiger partial charge is 0.492 e. The van der Waals surface area contributed by atoms with E-state index in [0.29, 0.717) is 25.5 Å². The number of hydrogen-bond donors (Lipinski definition) is 1. The van der Waals surface area contributed by atoms with Gasteiger partial charge in [-0.2, -0.15) is 0 Å². The molecular formula is C16H24N2O2. The zero-order valence-electron chi connectivity index (χ0n) is 12.0. The lowest BCUT2D eigenvalue weighted by atomic mass is 10.2. The standard InChI is InChI=1S/C16H24N2O2/c1-2-8-19-13-14-10-15(17)12-16(11-14)20-9-7-18-5-3-4-6-18/h2,10-12H,1,3-9,13,17H2. The fourth-order valence-electron chi connectivity index (χ4n) is 2.41. The predicted octanol–water partition coefficient (Wildman–Crippen LogP) is 2.45. The van der Waals surface area contributed by atoms with Gasteiger partial charge in [0.1, 0.15) is 12.4 Å². The highest BCUT2D eigenvalue weighted by molar-refractivity contribution is 5.47. The van der Waals surface area contributed by atoms with Crippen LogP contribution >= 0.6 is 0 Å². The van der Waals surface area contributed by atoms with Crippen LogP contribution in [0.3, 0.4) is 0 Å². The van der Waals surface area contributed by atoms with Gasteiger partial charge in [-0.15, -0.1) is 6.58 Å². The quantitative estimate of drug-likeness (QED) is 0.450. The van der Waals surface area contributed by atoms with Crippen LogP contribution in [0.15, 0.2) is 30.9 Å². The van der Waals surface area contributed by atoms with E-state index in [4.69, 9.17) is 15.2 Å². The first-order chi connectivity index (χ1) is 9.78. The van der Waals surface area contributed by atoms with Gasteiger partial charge < -0.3 is 15.2 Å². The van der Waals surface area contributed by atoms with Crippen LogP contribution in [0, 0.1) is 0 Å². The predicted molar refractivity (Wildman–Crippen MR) is 81.9 cm³/mol. The third-order valence-corrected chi connectivity index (χ3v) is 3.37. The molecule has 1 heterocycles. The Morgan fingerprint density at radius 1 is 1.25 bits per heavy atom. The van der Waals surface area contributed by atoms with Gasteiger partial charge in [0, 0.05) is 18.3 Å². The lowest BCUT2D eigenvalue weighted by molar-refractivity contribution is 0.148. The number of nitrogens with two attached hydrogens (primary N) is 1. The Balaban J connectivity index is 1.81. The monoisotopic (exact) mass is 276 g/mol. The topological polar surface area (TPSA) is 47.7 Å². The summed E-state index contributed by atoms with van der Waals surface area (Å²) in [6.45, 7) is 8.77. The number of nitrogens with zero attached hydrogens (tertiary/aromatic N) is 1. The molecule has 4 nitrogen and oxygen atoms in total. The SMILES string of the molecule is C=CCOCc1cc(N)cc(OCCN2CCCC2)c1. The molecular weight excluding hydrogens is 252 g/mol. The molecule has 0 bridgehead atoms. The third kappa shape index (κ3) is 4.87. The molecule has 1 aromatic rings. The molecule has 20 heavy (non-hydrogen) atoms. The van der Waals surface area contributed by atoms with Crippen LogP contribution in [0.4, 0.5) is 5.69 Å². The average molecular weight is 276 g/mol. The highest BCUT2D eigenvalue weighted by Gasteiger charge is 2.10. The molecule has 0 unspecified atom stereocenters. The van der Waals surface area contributed by atoms with E-state index in [0.717, 1.165) is 17.9 Å². The Morgan fingerprint density at radius 3 is 2.80 bits per heavy atom. The van der Waals surface area contributed by atoms with Gasteiger partial charge >= 0.3 is 0 Å². The Morgan fingerprint density at radius 2 is 2.05 bits per heavy atom. The van der Waals surface area contributed by atoms with Gasteiger partial charge in [-0.1, -0.05) is 6.08 Å². The van der Waals surface area contributed by atoms with Gasteiger partial charge in [0.25, 0.3) is 0 Å². The minimum Gasteiger partial charge on any atom is -0.492 e. The normalized spacial score (nSPS) is 15.4. The molecule has 2 N–H and O–H groups in total. The molecule has 1 fully saturated rings. The van der Waals surface area contributed by atoms with Crippen molar-refractivity contribution in [3.05, 3.63) is 36.4 Å². The number of rotatable bonds is 8. The molecule has 110 valence electrons. The first-order valence-electron chi connectivity index (χ1n) is 7.21. The van der Waals surface area contributed by atoms with E-state index < -0.39 is 0 Å². The average Bonchev–Trinajstić information content (AvgIpc) is 2.92. The minimum absolute atomic E-state index is 0.527. The number of anilines is 1. The van der Waals surface area contributed by atoms with Crippen molar-refractivity contribution in [2.45, 2.75) is 19.4 Å². The fourth-order valence-corrected chi connectivity index (χ4v) is 2.41. The van der Waals surface area contributed by atoms with E-state index in [9.17, 15) is 0 Å². The van der Waals surface area contributed by atoms with Crippen molar-refractivity contribution in [2.75, 3.05) is 38.6 Å². The van der Waals surface area contributed by atoms with Crippen LogP contribution in [0.1, 0.15) is 18.4 Å². The zero-order valence-corrected chi connectivity index (χ0v) is 12.0. The molecule has 4 heteroatoms. The van der Waals surface area contributed by atoms with Gasteiger partial charge in [0.15, 0.2) is 0 Å². The second-order valence-corrected chi connectivity index (χ2v) is 5.11. The van der Waals surface area contributed by atoms with Gasteiger partial charge in [0.2, 0.25) is 0 Å². The van der Waals surface area contributed by atoms with Crippen molar-refractivity contribution in [3.8, 4) is 5.75 Å². The van der Waals surface area contributed by atoms with Gasteiger partial charge in [-0.05, 0) is 43.6 Å².